The Morgan fingerprint density at radius 1 is 1.22 bits per heavy atom. The van der Waals surface area contributed by atoms with Gasteiger partial charge in [0.15, 0.2) is 15.9 Å². The predicted molar refractivity (Wildman–Crippen MR) is 111 cm³/mol. The number of carbonyl (C=O) groups excluding carboxylic acids is 1. The van der Waals surface area contributed by atoms with Crippen molar-refractivity contribution in [1.29, 1.82) is 0 Å². The van der Waals surface area contributed by atoms with E-state index in [1.807, 2.05) is 35.2 Å². The number of nitrogens with zero attached hydrogens (tertiary/aromatic N) is 4. The Balaban J connectivity index is 1.47. The minimum atomic E-state index is -0.0878. The number of Topliss-reactive ketones (excluding diaryl/α,β-unsaturated/α-hetero) is 1. The summed E-state index contributed by atoms with van der Waals surface area (Å²) in [4.78, 5) is 34.2. The van der Waals surface area contributed by atoms with Crippen LogP contribution in [0.3, 0.4) is 0 Å². The summed E-state index contributed by atoms with van der Waals surface area (Å²) >= 11 is 4.44. The molecule has 0 saturated carbocycles. The van der Waals surface area contributed by atoms with E-state index in [9.17, 15) is 9.59 Å². The van der Waals surface area contributed by atoms with E-state index in [-0.39, 0.29) is 11.3 Å². The van der Waals surface area contributed by atoms with E-state index in [1.54, 1.807) is 23.7 Å². The molecule has 4 heterocycles. The summed E-state index contributed by atoms with van der Waals surface area (Å²) in [6.45, 7) is 3.92. The van der Waals surface area contributed by atoms with E-state index in [1.165, 1.54) is 33.6 Å². The molecule has 0 aliphatic heterocycles. The molecule has 4 aromatic rings. The number of hydrogen-bond donors (Lipinski definition) is 0. The van der Waals surface area contributed by atoms with Crippen molar-refractivity contribution in [3.63, 3.8) is 0 Å². The lowest BCUT2D eigenvalue weighted by Crippen LogP contribution is -2.13. The van der Waals surface area contributed by atoms with Crippen molar-refractivity contribution in [3.8, 4) is 5.13 Å². The van der Waals surface area contributed by atoms with E-state index in [2.05, 4.69) is 9.97 Å². The van der Waals surface area contributed by atoms with Crippen molar-refractivity contribution in [3.05, 3.63) is 68.3 Å². The van der Waals surface area contributed by atoms with Gasteiger partial charge in [0.25, 0.3) is 5.56 Å². The third-order valence-corrected chi connectivity index (χ3v) is 6.66. The highest BCUT2D eigenvalue weighted by molar-refractivity contribution is 7.99. The highest BCUT2D eigenvalue weighted by Crippen LogP contribution is 2.24. The van der Waals surface area contributed by atoms with E-state index in [4.69, 9.17) is 0 Å². The number of aromatic nitrogens is 4. The number of rotatable bonds is 6. The molecule has 0 saturated heterocycles. The van der Waals surface area contributed by atoms with Crippen molar-refractivity contribution in [2.24, 2.45) is 0 Å². The maximum Gasteiger partial charge on any atom is 0.258 e. The Morgan fingerprint density at radius 2 is 2.07 bits per heavy atom. The molecule has 0 N–H and O–H groups in total. The van der Waals surface area contributed by atoms with E-state index < -0.39 is 0 Å². The number of ketones is 1. The van der Waals surface area contributed by atoms with Crippen LogP contribution in [-0.4, -0.2) is 30.5 Å². The molecule has 9 heteroatoms. The summed E-state index contributed by atoms with van der Waals surface area (Å²) in [5.74, 6) is 0.943. The Morgan fingerprint density at radius 3 is 2.85 bits per heavy atom. The van der Waals surface area contributed by atoms with Crippen LogP contribution >= 0.6 is 34.4 Å². The number of fused-ring (bicyclic) bond motifs is 1. The largest absolute Gasteiger partial charge is 0.294 e. The molecule has 0 unspecified atom stereocenters. The monoisotopic (exact) mass is 416 g/mol. The predicted octanol–water partition coefficient (Wildman–Crippen LogP) is 3.74. The van der Waals surface area contributed by atoms with Gasteiger partial charge in [-0.2, -0.15) is 0 Å². The van der Waals surface area contributed by atoms with Gasteiger partial charge in [-0.15, -0.1) is 34.4 Å². The molecule has 138 valence electrons. The molecule has 0 radical (unpaired) electrons. The molecule has 0 fully saturated rings. The average molecular weight is 417 g/mol. The molecule has 4 aromatic heterocycles. The molecule has 0 amide bonds. The van der Waals surface area contributed by atoms with E-state index in [0.717, 1.165) is 22.1 Å². The maximum atomic E-state index is 12.7. The molecule has 0 bridgehead atoms. The van der Waals surface area contributed by atoms with Gasteiger partial charge in [-0.05, 0) is 19.9 Å². The van der Waals surface area contributed by atoms with Crippen molar-refractivity contribution in [2.75, 3.05) is 5.75 Å². The highest BCUT2D eigenvalue weighted by atomic mass is 32.2. The Hall–Kier alpha value is -2.23. The van der Waals surface area contributed by atoms with Crippen molar-refractivity contribution >= 4 is 45.2 Å². The van der Waals surface area contributed by atoms with Gasteiger partial charge in [-0.25, -0.2) is 9.97 Å². The second kappa shape index (κ2) is 7.41. The van der Waals surface area contributed by atoms with Gasteiger partial charge in [-0.1, -0.05) is 0 Å². The quantitative estimate of drug-likeness (QED) is 0.448. The lowest BCUT2D eigenvalue weighted by molar-refractivity contribution is 0.102. The molecule has 0 aliphatic rings. The SMILES string of the molecule is Cc1cc(C(=O)CSCc2cc(=O)n3ccsc3n2)c(C)n1-c1nccs1. The molecule has 0 spiro atoms. The van der Waals surface area contributed by atoms with Crippen LogP contribution in [0, 0.1) is 13.8 Å². The number of aryl methyl sites for hydroxylation is 1. The summed E-state index contributed by atoms with van der Waals surface area (Å²) in [6, 6.07) is 3.45. The van der Waals surface area contributed by atoms with Gasteiger partial charge >= 0.3 is 0 Å². The lowest BCUT2D eigenvalue weighted by Gasteiger charge is -2.05. The molecule has 0 aromatic carbocycles. The summed E-state index contributed by atoms with van der Waals surface area (Å²) in [5.41, 5.74) is 3.23. The fraction of sp³-hybridized carbons (Fsp3) is 0.222. The van der Waals surface area contributed by atoms with Crippen LogP contribution in [0.15, 0.2) is 40.1 Å². The molecule has 4 rings (SSSR count). The normalized spacial score (nSPS) is 11.3. The van der Waals surface area contributed by atoms with Gasteiger partial charge in [0.2, 0.25) is 0 Å². The molecular weight excluding hydrogens is 400 g/mol. The summed E-state index contributed by atoms with van der Waals surface area (Å²) in [5, 5.41) is 4.62. The zero-order chi connectivity index (χ0) is 19.0. The summed E-state index contributed by atoms with van der Waals surface area (Å²) in [7, 11) is 0. The maximum absolute atomic E-state index is 12.7. The summed E-state index contributed by atoms with van der Waals surface area (Å²) < 4.78 is 3.53. The first-order chi connectivity index (χ1) is 13.0. The van der Waals surface area contributed by atoms with Gasteiger partial charge in [0.1, 0.15) is 0 Å². The molecule has 0 atom stereocenters. The van der Waals surface area contributed by atoms with Crippen LogP contribution in [-0.2, 0) is 5.75 Å². The topological polar surface area (TPSA) is 69.3 Å². The zero-order valence-corrected chi connectivity index (χ0v) is 17.2. The number of hydrogen-bond acceptors (Lipinski definition) is 7. The van der Waals surface area contributed by atoms with Crippen molar-refractivity contribution < 1.29 is 4.79 Å². The minimum Gasteiger partial charge on any atom is -0.294 e. The van der Waals surface area contributed by atoms with Crippen LogP contribution < -0.4 is 5.56 Å². The van der Waals surface area contributed by atoms with Crippen molar-refractivity contribution in [1.82, 2.24) is 18.9 Å². The second-order valence-corrected chi connectivity index (χ2v) is 8.72. The fourth-order valence-electron chi connectivity index (χ4n) is 2.95. The molecule has 0 aliphatic carbocycles. The van der Waals surface area contributed by atoms with E-state index >= 15 is 0 Å². The first kappa shape index (κ1) is 18.1. The zero-order valence-electron chi connectivity index (χ0n) is 14.7. The van der Waals surface area contributed by atoms with Crippen LogP contribution in [0.4, 0.5) is 0 Å². The van der Waals surface area contributed by atoms with Gasteiger partial charge < -0.3 is 0 Å². The number of carbonyl (C=O) groups is 1. The van der Waals surface area contributed by atoms with Gasteiger partial charge in [-0.3, -0.25) is 18.6 Å². The standard InChI is InChI=1S/C18H16N4O2S3/c1-11-7-14(12(2)22(11)17-19-3-5-26-17)15(23)10-25-9-13-8-16(24)21-4-6-27-18(21)20-13/h3-8H,9-10H2,1-2H3. The summed E-state index contributed by atoms with van der Waals surface area (Å²) in [6.07, 6.45) is 3.48. The number of thiazole rings is 2. The second-order valence-electron chi connectivity index (χ2n) is 5.99. The number of thioether (sulfide) groups is 1. The first-order valence-electron chi connectivity index (χ1n) is 8.20. The van der Waals surface area contributed by atoms with Crippen LogP contribution in [0.1, 0.15) is 27.4 Å². The Labute approximate surface area is 167 Å². The van der Waals surface area contributed by atoms with Gasteiger partial charge in [0.05, 0.1) is 11.4 Å². The molecular formula is C18H16N4O2S3. The Bertz CT molecular complexity index is 1170. The van der Waals surface area contributed by atoms with Crippen molar-refractivity contribution in [2.45, 2.75) is 19.6 Å². The van der Waals surface area contributed by atoms with Gasteiger partial charge in [0, 0.05) is 51.9 Å². The van der Waals surface area contributed by atoms with Crippen LogP contribution in [0.5, 0.6) is 0 Å². The molecule has 27 heavy (non-hydrogen) atoms. The van der Waals surface area contributed by atoms with Crippen LogP contribution in [0.2, 0.25) is 0 Å². The smallest absolute Gasteiger partial charge is 0.258 e. The van der Waals surface area contributed by atoms with E-state index in [0.29, 0.717) is 22.2 Å². The third kappa shape index (κ3) is 3.50. The first-order valence-corrected chi connectivity index (χ1v) is 11.1. The molecule has 6 nitrogen and oxygen atoms in total. The Kier molecular flexibility index (Phi) is 4.98. The van der Waals surface area contributed by atoms with Crippen LogP contribution in [0.25, 0.3) is 10.1 Å². The third-order valence-electron chi connectivity index (χ3n) is 4.18. The highest BCUT2D eigenvalue weighted by Gasteiger charge is 2.17. The average Bonchev–Trinajstić information content (AvgIpc) is 3.35. The lowest BCUT2D eigenvalue weighted by atomic mass is 10.2. The fourth-order valence-corrected chi connectivity index (χ4v) is 5.24. The minimum absolute atomic E-state index is 0.0739.